The number of nitrogens with zero attached hydrogens (tertiary/aromatic N) is 2. The molecule has 8 nitrogen and oxygen atoms in total. The number of benzene rings is 1. The van der Waals surface area contributed by atoms with E-state index in [1.54, 1.807) is 14.2 Å². The molecule has 168 valence electrons. The summed E-state index contributed by atoms with van der Waals surface area (Å²) in [6.07, 6.45) is 5.18. The van der Waals surface area contributed by atoms with Gasteiger partial charge in [0.15, 0.2) is 17.3 Å². The number of anilines is 1. The van der Waals surface area contributed by atoms with E-state index >= 15 is 0 Å². The molecule has 2 aromatic heterocycles. The number of hydrogen-bond donors (Lipinski definition) is 1. The lowest BCUT2D eigenvalue weighted by atomic mass is 9.94. The molecule has 0 bridgehead atoms. The normalized spacial score (nSPS) is 16.5. The predicted octanol–water partition coefficient (Wildman–Crippen LogP) is 4.84. The number of hydrogen-bond acceptors (Lipinski definition) is 8. The Morgan fingerprint density at radius 3 is 2.69 bits per heavy atom. The lowest BCUT2D eigenvalue weighted by Crippen LogP contribution is -2.40. The molecule has 1 saturated carbocycles. The SMILES string of the molecule is COCc1nc(OC)c2c(C)c(C(=O)Nc3ccc4c(c3)OC3(CCCCC3)O4)sc2n1. The second-order valence-corrected chi connectivity index (χ2v) is 9.11. The molecule has 0 atom stereocenters. The highest BCUT2D eigenvalue weighted by Crippen LogP contribution is 2.46. The Balaban J connectivity index is 1.40. The average Bonchev–Trinajstić information content (AvgIpc) is 3.30. The topological polar surface area (TPSA) is 91.8 Å². The van der Waals surface area contributed by atoms with Gasteiger partial charge in [0.2, 0.25) is 5.88 Å². The van der Waals surface area contributed by atoms with Gasteiger partial charge in [-0.05, 0) is 37.5 Å². The Labute approximate surface area is 189 Å². The molecular formula is C23H25N3O5S. The molecule has 1 aliphatic carbocycles. The highest BCUT2D eigenvalue weighted by molar-refractivity contribution is 7.20. The third-order valence-electron chi connectivity index (χ3n) is 5.89. The minimum atomic E-state index is -0.541. The van der Waals surface area contributed by atoms with Gasteiger partial charge in [-0.3, -0.25) is 4.79 Å². The van der Waals surface area contributed by atoms with Crippen molar-refractivity contribution in [1.82, 2.24) is 9.97 Å². The summed E-state index contributed by atoms with van der Waals surface area (Å²) in [6, 6.07) is 5.52. The van der Waals surface area contributed by atoms with Crippen LogP contribution < -0.4 is 19.5 Å². The summed E-state index contributed by atoms with van der Waals surface area (Å²) < 4.78 is 22.9. The molecule has 0 radical (unpaired) electrons. The van der Waals surface area contributed by atoms with Crippen molar-refractivity contribution in [3.63, 3.8) is 0 Å². The fourth-order valence-corrected chi connectivity index (χ4v) is 5.44. The summed E-state index contributed by atoms with van der Waals surface area (Å²) in [5.41, 5.74) is 1.44. The molecule has 0 unspecified atom stereocenters. The van der Waals surface area contributed by atoms with Crippen molar-refractivity contribution < 1.29 is 23.7 Å². The van der Waals surface area contributed by atoms with Gasteiger partial charge in [0.25, 0.3) is 11.7 Å². The van der Waals surface area contributed by atoms with Crippen molar-refractivity contribution >= 4 is 33.1 Å². The second kappa shape index (κ2) is 8.22. The van der Waals surface area contributed by atoms with Gasteiger partial charge in [0, 0.05) is 31.7 Å². The van der Waals surface area contributed by atoms with Gasteiger partial charge in [-0.15, -0.1) is 11.3 Å². The van der Waals surface area contributed by atoms with Gasteiger partial charge in [-0.2, -0.15) is 4.98 Å². The summed E-state index contributed by atoms with van der Waals surface area (Å²) in [7, 11) is 3.14. The van der Waals surface area contributed by atoms with Crippen molar-refractivity contribution in [2.45, 2.75) is 51.4 Å². The highest BCUT2D eigenvalue weighted by Gasteiger charge is 2.42. The van der Waals surface area contributed by atoms with E-state index in [1.807, 2.05) is 25.1 Å². The molecule has 5 rings (SSSR count). The molecule has 32 heavy (non-hydrogen) atoms. The van der Waals surface area contributed by atoms with Gasteiger partial charge >= 0.3 is 0 Å². The third-order valence-corrected chi connectivity index (χ3v) is 7.07. The van der Waals surface area contributed by atoms with Gasteiger partial charge < -0.3 is 24.3 Å². The fraction of sp³-hybridized carbons (Fsp3) is 0.435. The zero-order chi connectivity index (χ0) is 22.3. The minimum Gasteiger partial charge on any atom is -0.480 e. The van der Waals surface area contributed by atoms with E-state index in [0.29, 0.717) is 32.8 Å². The monoisotopic (exact) mass is 455 g/mol. The number of aryl methyl sites for hydroxylation is 1. The molecule has 1 spiro atoms. The Hall–Kier alpha value is -2.91. The van der Waals surface area contributed by atoms with Crippen LogP contribution in [0.2, 0.25) is 0 Å². The van der Waals surface area contributed by atoms with Crippen LogP contribution in [0.25, 0.3) is 10.2 Å². The van der Waals surface area contributed by atoms with Crippen LogP contribution in [0.3, 0.4) is 0 Å². The van der Waals surface area contributed by atoms with Crippen molar-refractivity contribution in [2.75, 3.05) is 19.5 Å². The lowest BCUT2D eigenvalue weighted by Gasteiger charge is -2.31. The van der Waals surface area contributed by atoms with E-state index in [1.165, 1.54) is 17.8 Å². The van der Waals surface area contributed by atoms with Crippen molar-refractivity contribution in [3.8, 4) is 17.4 Å². The first-order valence-corrected chi connectivity index (χ1v) is 11.5. The molecule has 1 fully saturated rings. The lowest BCUT2D eigenvalue weighted by molar-refractivity contribution is -0.105. The van der Waals surface area contributed by atoms with E-state index in [9.17, 15) is 4.79 Å². The Morgan fingerprint density at radius 1 is 1.16 bits per heavy atom. The molecule has 1 N–H and O–H groups in total. The number of ether oxygens (including phenoxy) is 4. The minimum absolute atomic E-state index is 0.216. The summed E-state index contributed by atoms with van der Waals surface area (Å²) in [5.74, 6) is 1.60. The van der Waals surface area contributed by atoms with Crippen molar-refractivity contribution in [2.24, 2.45) is 0 Å². The average molecular weight is 456 g/mol. The molecule has 3 heterocycles. The summed E-state index contributed by atoms with van der Waals surface area (Å²) in [5, 5.41) is 3.72. The van der Waals surface area contributed by atoms with Gasteiger partial charge in [-0.1, -0.05) is 6.42 Å². The van der Waals surface area contributed by atoms with E-state index in [-0.39, 0.29) is 12.5 Å². The number of aromatic nitrogens is 2. The fourth-order valence-electron chi connectivity index (χ4n) is 4.36. The summed E-state index contributed by atoms with van der Waals surface area (Å²) in [6.45, 7) is 2.14. The quantitative estimate of drug-likeness (QED) is 0.589. The highest BCUT2D eigenvalue weighted by atomic mass is 32.1. The smallest absolute Gasteiger partial charge is 0.266 e. The number of nitrogens with one attached hydrogen (secondary N) is 1. The van der Waals surface area contributed by atoms with Crippen molar-refractivity contribution in [3.05, 3.63) is 34.5 Å². The van der Waals surface area contributed by atoms with Crippen LogP contribution in [-0.4, -0.2) is 35.9 Å². The molecule has 3 aromatic rings. The van der Waals surface area contributed by atoms with Crippen LogP contribution in [0.1, 0.15) is 53.2 Å². The zero-order valence-electron chi connectivity index (χ0n) is 18.3. The third kappa shape index (κ3) is 3.65. The molecule has 0 saturated heterocycles. The van der Waals surface area contributed by atoms with Crippen LogP contribution in [0, 0.1) is 6.92 Å². The number of carbonyl (C=O) groups is 1. The number of rotatable bonds is 5. The molecule has 1 amide bonds. The number of thiophene rings is 1. The largest absolute Gasteiger partial charge is 0.480 e. The van der Waals surface area contributed by atoms with Gasteiger partial charge in [0.1, 0.15) is 11.4 Å². The maximum Gasteiger partial charge on any atom is 0.266 e. The zero-order valence-corrected chi connectivity index (χ0v) is 19.1. The van der Waals surface area contributed by atoms with Gasteiger partial charge in [0.05, 0.1) is 17.4 Å². The molecule has 9 heteroatoms. The first-order valence-electron chi connectivity index (χ1n) is 10.7. The van der Waals surface area contributed by atoms with E-state index in [0.717, 1.165) is 42.4 Å². The Kier molecular flexibility index (Phi) is 5.38. The standard InChI is InChI=1S/C23H25N3O5S/c1-13-18-21(29-3)25-17(12-28-2)26-22(18)32-19(13)20(27)24-14-7-8-15-16(11-14)31-23(30-15)9-5-4-6-10-23/h7-8,11H,4-6,9-10,12H2,1-3H3,(H,24,27). The number of amides is 1. The summed E-state index contributed by atoms with van der Waals surface area (Å²) >= 11 is 1.31. The van der Waals surface area contributed by atoms with Crippen LogP contribution in [-0.2, 0) is 11.3 Å². The van der Waals surface area contributed by atoms with Gasteiger partial charge in [-0.25, -0.2) is 4.98 Å². The van der Waals surface area contributed by atoms with Crippen LogP contribution >= 0.6 is 11.3 Å². The maximum atomic E-state index is 13.1. The first kappa shape index (κ1) is 21.0. The van der Waals surface area contributed by atoms with E-state index in [2.05, 4.69) is 15.3 Å². The molecule has 1 aromatic carbocycles. The van der Waals surface area contributed by atoms with Crippen molar-refractivity contribution in [1.29, 1.82) is 0 Å². The van der Waals surface area contributed by atoms with Crippen LogP contribution in [0.4, 0.5) is 5.69 Å². The van der Waals surface area contributed by atoms with E-state index in [4.69, 9.17) is 18.9 Å². The molecular weight excluding hydrogens is 430 g/mol. The molecule has 1 aliphatic heterocycles. The number of carbonyl (C=O) groups excluding carboxylic acids is 1. The second-order valence-electron chi connectivity index (χ2n) is 8.11. The Morgan fingerprint density at radius 2 is 1.94 bits per heavy atom. The maximum absolute atomic E-state index is 13.1. The summed E-state index contributed by atoms with van der Waals surface area (Å²) in [4.78, 5) is 23.3. The number of methoxy groups -OCH3 is 2. The van der Waals surface area contributed by atoms with Crippen LogP contribution in [0.5, 0.6) is 17.4 Å². The van der Waals surface area contributed by atoms with Crippen LogP contribution in [0.15, 0.2) is 18.2 Å². The van der Waals surface area contributed by atoms with E-state index < -0.39 is 5.79 Å². The first-order chi connectivity index (χ1) is 15.5. The molecule has 2 aliphatic rings. The Bertz CT molecular complexity index is 1190. The number of fused-ring (bicyclic) bond motifs is 2. The predicted molar refractivity (Wildman–Crippen MR) is 121 cm³/mol.